The molecule has 0 saturated heterocycles. The SMILES string of the molecule is O=C(NCc1cccnc1)c1ccc(F)c(Br)c1. The maximum absolute atomic E-state index is 13.0. The summed E-state index contributed by atoms with van der Waals surface area (Å²) in [7, 11) is 0. The number of hydrogen-bond donors (Lipinski definition) is 1. The van der Waals surface area contributed by atoms with Crippen LogP contribution in [0.5, 0.6) is 0 Å². The minimum Gasteiger partial charge on any atom is -0.348 e. The van der Waals surface area contributed by atoms with Gasteiger partial charge in [-0.15, -0.1) is 0 Å². The van der Waals surface area contributed by atoms with Crippen molar-refractivity contribution < 1.29 is 9.18 Å². The fraction of sp³-hybridized carbons (Fsp3) is 0.0769. The summed E-state index contributed by atoms with van der Waals surface area (Å²) >= 11 is 3.05. The second kappa shape index (κ2) is 5.73. The maximum Gasteiger partial charge on any atom is 0.251 e. The van der Waals surface area contributed by atoms with Crippen LogP contribution in [0.2, 0.25) is 0 Å². The van der Waals surface area contributed by atoms with Crippen LogP contribution >= 0.6 is 15.9 Å². The monoisotopic (exact) mass is 308 g/mol. The lowest BCUT2D eigenvalue weighted by Crippen LogP contribution is -2.22. The summed E-state index contributed by atoms with van der Waals surface area (Å²) in [6.07, 6.45) is 3.35. The minimum absolute atomic E-state index is 0.250. The molecule has 0 bridgehead atoms. The van der Waals surface area contributed by atoms with Gasteiger partial charge in [0.1, 0.15) is 5.82 Å². The molecule has 92 valence electrons. The second-order valence-electron chi connectivity index (χ2n) is 3.67. The molecule has 1 aromatic carbocycles. The predicted octanol–water partition coefficient (Wildman–Crippen LogP) is 2.91. The van der Waals surface area contributed by atoms with Crippen molar-refractivity contribution in [2.75, 3.05) is 0 Å². The van der Waals surface area contributed by atoms with Gasteiger partial charge in [-0.3, -0.25) is 9.78 Å². The zero-order valence-electron chi connectivity index (χ0n) is 9.36. The molecule has 18 heavy (non-hydrogen) atoms. The summed E-state index contributed by atoms with van der Waals surface area (Å²) in [4.78, 5) is 15.8. The van der Waals surface area contributed by atoms with Crippen molar-refractivity contribution >= 4 is 21.8 Å². The fourth-order valence-corrected chi connectivity index (χ4v) is 1.80. The molecule has 1 aromatic heterocycles. The Morgan fingerprint density at radius 2 is 2.22 bits per heavy atom. The molecule has 2 aromatic rings. The summed E-state index contributed by atoms with van der Waals surface area (Å²) in [5.41, 5.74) is 1.32. The lowest BCUT2D eigenvalue weighted by Gasteiger charge is -2.05. The zero-order chi connectivity index (χ0) is 13.0. The topological polar surface area (TPSA) is 42.0 Å². The molecule has 0 aliphatic rings. The Morgan fingerprint density at radius 1 is 1.39 bits per heavy atom. The van der Waals surface area contributed by atoms with Gasteiger partial charge in [-0.1, -0.05) is 6.07 Å². The summed E-state index contributed by atoms with van der Waals surface area (Å²) in [5.74, 6) is -0.640. The van der Waals surface area contributed by atoms with E-state index in [0.29, 0.717) is 12.1 Å². The lowest BCUT2D eigenvalue weighted by molar-refractivity contribution is 0.0951. The first-order chi connectivity index (χ1) is 8.66. The van der Waals surface area contributed by atoms with Gasteiger partial charge in [-0.05, 0) is 45.8 Å². The van der Waals surface area contributed by atoms with Gasteiger partial charge < -0.3 is 5.32 Å². The van der Waals surface area contributed by atoms with Crippen molar-refractivity contribution in [3.05, 3.63) is 64.1 Å². The smallest absolute Gasteiger partial charge is 0.251 e. The highest BCUT2D eigenvalue weighted by Gasteiger charge is 2.08. The summed E-state index contributed by atoms with van der Waals surface area (Å²) in [6, 6.07) is 7.82. The molecule has 1 heterocycles. The van der Waals surface area contributed by atoms with Gasteiger partial charge in [0, 0.05) is 24.5 Å². The van der Waals surface area contributed by atoms with Crippen LogP contribution in [-0.2, 0) is 6.54 Å². The molecule has 0 fully saturated rings. The van der Waals surface area contributed by atoms with E-state index in [0.717, 1.165) is 5.56 Å². The average Bonchev–Trinajstić information content (AvgIpc) is 2.40. The second-order valence-corrected chi connectivity index (χ2v) is 4.53. The highest BCUT2D eigenvalue weighted by molar-refractivity contribution is 9.10. The number of halogens is 2. The van der Waals surface area contributed by atoms with Crippen molar-refractivity contribution in [1.82, 2.24) is 10.3 Å². The number of carbonyl (C=O) groups excluding carboxylic acids is 1. The van der Waals surface area contributed by atoms with E-state index < -0.39 is 0 Å². The Labute approximate surface area is 112 Å². The van der Waals surface area contributed by atoms with Gasteiger partial charge in [0.25, 0.3) is 5.91 Å². The fourth-order valence-electron chi connectivity index (χ4n) is 1.42. The Morgan fingerprint density at radius 3 is 2.89 bits per heavy atom. The van der Waals surface area contributed by atoms with E-state index in [1.54, 1.807) is 18.5 Å². The van der Waals surface area contributed by atoms with Crippen molar-refractivity contribution in [2.24, 2.45) is 0 Å². The minimum atomic E-state index is -0.390. The molecular weight excluding hydrogens is 299 g/mol. The van der Waals surface area contributed by atoms with E-state index in [-0.39, 0.29) is 16.2 Å². The number of hydrogen-bond acceptors (Lipinski definition) is 2. The van der Waals surface area contributed by atoms with Crippen LogP contribution in [0.15, 0.2) is 47.2 Å². The normalized spacial score (nSPS) is 10.1. The average molecular weight is 309 g/mol. The Hall–Kier alpha value is -1.75. The molecule has 1 N–H and O–H groups in total. The van der Waals surface area contributed by atoms with Crippen LogP contribution in [-0.4, -0.2) is 10.9 Å². The van der Waals surface area contributed by atoms with Crippen molar-refractivity contribution in [3.8, 4) is 0 Å². The highest BCUT2D eigenvalue weighted by Crippen LogP contribution is 2.16. The van der Waals surface area contributed by atoms with Crippen LogP contribution in [0, 0.1) is 5.82 Å². The Balaban J connectivity index is 2.02. The van der Waals surface area contributed by atoms with Crippen LogP contribution in [0.25, 0.3) is 0 Å². The molecule has 1 amide bonds. The van der Waals surface area contributed by atoms with Gasteiger partial charge in [0.15, 0.2) is 0 Å². The summed E-state index contributed by atoms with van der Waals surface area (Å²) < 4.78 is 13.3. The summed E-state index contributed by atoms with van der Waals surface area (Å²) in [6.45, 7) is 0.391. The van der Waals surface area contributed by atoms with Crippen molar-refractivity contribution in [3.63, 3.8) is 0 Å². The third-order valence-electron chi connectivity index (χ3n) is 2.36. The summed E-state index contributed by atoms with van der Waals surface area (Å²) in [5, 5.41) is 2.74. The first-order valence-electron chi connectivity index (χ1n) is 5.29. The van der Waals surface area contributed by atoms with E-state index in [1.165, 1.54) is 18.2 Å². The molecule has 0 aliphatic carbocycles. The molecule has 0 unspecified atom stereocenters. The van der Waals surface area contributed by atoms with E-state index in [9.17, 15) is 9.18 Å². The van der Waals surface area contributed by atoms with Gasteiger partial charge >= 0.3 is 0 Å². The number of aromatic nitrogens is 1. The van der Waals surface area contributed by atoms with Gasteiger partial charge in [-0.25, -0.2) is 4.39 Å². The van der Waals surface area contributed by atoms with Crippen LogP contribution in [0.1, 0.15) is 15.9 Å². The number of carbonyl (C=O) groups is 1. The number of nitrogens with one attached hydrogen (secondary N) is 1. The maximum atomic E-state index is 13.0. The van der Waals surface area contributed by atoms with E-state index >= 15 is 0 Å². The number of rotatable bonds is 3. The molecular formula is C13H10BrFN2O. The van der Waals surface area contributed by atoms with E-state index in [1.807, 2.05) is 6.07 Å². The van der Waals surface area contributed by atoms with Crippen molar-refractivity contribution in [2.45, 2.75) is 6.54 Å². The zero-order valence-corrected chi connectivity index (χ0v) is 10.9. The number of benzene rings is 1. The molecule has 0 radical (unpaired) electrons. The third kappa shape index (κ3) is 3.13. The van der Waals surface area contributed by atoms with Crippen LogP contribution < -0.4 is 5.32 Å². The quantitative estimate of drug-likeness (QED) is 0.947. The number of pyridine rings is 1. The Bertz CT molecular complexity index is 560. The number of amides is 1. The first-order valence-corrected chi connectivity index (χ1v) is 6.08. The molecule has 5 heteroatoms. The third-order valence-corrected chi connectivity index (χ3v) is 2.97. The molecule has 0 aliphatic heterocycles. The van der Waals surface area contributed by atoms with E-state index in [2.05, 4.69) is 26.2 Å². The van der Waals surface area contributed by atoms with Crippen LogP contribution in [0.3, 0.4) is 0 Å². The molecule has 0 saturated carbocycles. The largest absolute Gasteiger partial charge is 0.348 e. The number of nitrogens with zero attached hydrogens (tertiary/aromatic N) is 1. The lowest BCUT2D eigenvalue weighted by atomic mass is 10.2. The molecule has 0 spiro atoms. The molecule has 3 nitrogen and oxygen atoms in total. The van der Waals surface area contributed by atoms with Gasteiger partial charge in [0.05, 0.1) is 4.47 Å². The van der Waals surface area contributed by atoms with Gasteiger partial charge in [0.2, 0.25) is 0 Å². The van der Waals surface area contributed by atoms with Crippen molar-refractivity contribution in [1.29, 1.82) is 0 Å². The van der Waals surface area contributed by atoms with E-state index in [4.69, 9.17) is 0 Å². The molecule has 2 rings (SSSR count). The Kier molecular flexibility index (Phi) is 4.04. The first kappa shape index (κ1) is 12.7. The van der Waals surface area contributed by atoms with Gasteiger partial charge in [-0.2, -0.15) is 0 Å². The molecule has 0 atom stereocenters. The van der Waals surface area contributed by atoms with Crippen LogP contribution in [0.4, 0.5) is 4.39 Å². The predicted molar refractivity (Wildman–Crippen MR) is 69.5 cm³/mol. The standard InChI is InChI=1S/C13H10BrFN2O/c14-11-6-10(3-4-12(11)15)13(18)17-8-9-2-1-5-16-7-9/h1-7H,8H2,(H,17,18). The highest BCUT2D eigenvalue weighted by atomic mass is 79.9.